The minimum atomic E-state index is -4.29. The summed E-state index contributed by atoms with van der Waals surface area (Å²) in [6.07, 6.45) is 0. The van der Waals surface area contributed by atoms with Crippen molar-refractivity contribution in [3.8, 4) is 0 Å². The van der Waals surface area contributed by atoms with Crippen LogP contribution in [0.5, 0.6) is 0 Å². The Morgan fingerprint density at radius 1 is 1.62 bits per heavy atom. The van der Waals surface area contributed by atoms with Crippen LogP contribution >= 0.6 is 23.0 Å². The molecule has 0 saturated carbocycles. The largest absolute Gasteiger partial charge is 0.593 e. The van der Waals surface area contributed by atoms with E-state index in [0.717, 1.165) is 0 Å². The lowest BCUT2D eigenvalue weighted by atomic mass is 15.8. The maximum atomic E-state index is 9.76. The second kappa shape index (κ2) is 2.98. The zero-order valence-corrected chi connectivity index (χ0v) is 6.30. The van der Waals surface area contributed by atoms with Crippen molar-refractivity contribution in [2.75, 3.05) is 0 Å². The molecule has 2 atom stereocenters. The first kappa shape index (κ1) is 8.64. The van der Waals surface area contributed by atoms with Crippen molar-refractivity contribution in [2.24, 2.45) is 0 Å². The van der Waals surface area contributed by atoms with Gasteiger partial charge in [0, 0.05) is 0 Å². The van der Waals surface area contributed by atoms with Gasteiger partial charge in [0.2, 0.25) is 0 Å². The molecule has 5 nitrogen and oxygen atoms in total. The van der Waals surface area contributed by atoms with E-state index < -0.39 is 23.0 Å². The second-order valence-corrected chi connectivity index (χ2v) is 7.95. The molecular weight excluding hydrogens is 173 g/mol. The molecule has 0 aliphatic rings. The third-order valence-corrected chi connectivity index (χ3v) is 5.72. The van der Waals surface area contributed by atoms with Crippen molar-refractivity contribution in [3.05, 3.63) is 0 Å². The molecule has 0 aromatic heterocycles. The summed E-state index contributed by atoms with van der Waals surface area (Å²) >= 11 is 0. The maximum Gasteiger partial charge on any atom is 0.391 e. The van der Waals surface area contributed by atoms with Gasteiger partial charge in [-0.3, -0.25) is 4.57 Å². The molecule has 0 amide bonds. The topological polar surface area (TPSA) is 97.7 Å². The zero-order chi connectivity index (χ0) is 6.78. The highest BCUT2D eigenvalue weighted by Gasteiger charge is 2.22. The van der Waals surface area contributed by atoms with Crippen molar-refractivity contribution in [3.63, 3.8) is 0 Å². The van der Waals surface area contributed by atoms with Crippen LogP contribution in [0.2, 0.25) is 0 Å². The second-order valence-electron chi connectivity index (χ2n) is 0.901. The molecule has 0 fully saturated rings. The van der Waals surface area contributed by atoms with E-state index in [9.17, 15) is 14.0 Å². The normalized spacial score (nSPS) is 15.1. The molecule has 0 spiro atoms. The van der Waals surface area contributed by atoms with Crippen LogP contribution in [0.4, 0.5) is 0 Å². The molecule has 8 heavy (non-hydrogen) atoms. The van der Waals surface area contributed by atoms with E-state index in [2.05, 4.69) is 0 Å². The fraction of sp³-hybridized carbons (Fsp3) is 0. The Bertz CT molecular complexity index is 131. The van der Waals surface area contributed by atoms with Gasteiger partial charge in [0.15, 0.2) is 0 Å². The van der Waals surface area contributed by atoms with E-state index >= 15 is 0 Å². The molecule has 0 aromatic carbocycles. The van der Waals surface area contributed by atoms with Gasteiger partial charge in [-0.15, -0.1) is 0 Å². The first-order chi connectivity index (χ1) is 3.42. The Labute approximate surface area is 47.7 Å². The summed E-state index contributed by atoms with van der Waals surface area (Å²) in [6, 6.07) is 0. The minimum absolute atomic E-state index is 1.28. The summed E-state index contributed by atoms with van der Waals surface area (Å²) in [4.78, 5) is 25.4. The first-order valence-electron chi connectivity index (χ1n) is 1.39. The number of hydrogen-bond acceptors (Lipinski definition) is 3. The molecule has 48 valence electrons. The average Bonchev–Trinajstić information content (AvgIpc) is 1.21. The monoisotopic (exact) mass is 176 g/mol. The van der Waals surface area contributed by atoms with Crippen LogP contribution in [0.1, 0.15) is 0 Å². The SMILES string of the molecule is O=[P+]([O-])PP(=O)(O)O. The highest BCUT2D eigenvalue weighted by atomic mass is 32.5. The van der Waals surface area contributed by atoms with Crippen LogP contribution in [0.15, 0.2) is 0 Å². The molecule has 0 radical (unpaired) electrons. The zero-order valence-electron chi connectivity index (χ0n) is 3.51. The molecular formula is H3O5P3. The van der Waals surface area contributed by atoms with Crippen molar-refractivity contribution in [1.82, 2.24) is 0 Å². The molecule has 2 N–H and O–H groups in total. The molecule has 0 saturated heterocycles. The van der Waals surface area contributed by atoms with Crippen LogP contribution in [0, 0.1) is 0 Å². The number of hydrogen-bond donors (Lipinski definition) is 2. The summed E-state index contributed by atoms with van der Waals surface area (Å²) in [5, 5.41) is 0. The third kappa shape index (κ3) is 6.64. The van der Waals surface area contributed by atoms with Crippen LogP contribution in [0.3, 0.4) is 0 Å². The average molecular weight is 176 g/mol. The fourth-order valence-electron chi connectivity index (χ4n) is 0.106. The van der Waals surface area contributed by atoms with Crippen molar-refractivity contribution in [2.45, 2.75) is 0 Å². The maximum absolute atomic E-state index is 9.76. The van der Waals surface area contributed by atoms with Gasteiger partial charge < -0.3 is 14.7 Å². The fourth-order valence-corrected chi connectivity index (χ4v) is 2.87. The number of rotatable bonds is 2. The Balaban J connectivity index is 3.74. The van der Waals surface area contributed by atoms with Gasteiger partial charge in [-0.2, -0.15) is 0 Å². The lowest BCUT2D eigenvalue weighted by Crippen LogP contribution is -1.77. The minimum Gasteiger partial charge on any atom is -0.593 e. The molecule has 0 aromatic rings. The van der Waals surface area contributed by atoms with E-state index in [4.69, 9.17) is 9.79 Å². The molecule has 0 aliphatic carbocycles. The molecule has 0 bridgehead atoms. The van der Waals surface area contributed by atoms with Gasteiger partial charge in [-0.25, -0.2) is 0 Å². The van der Waals surface area contributed by atoms with E-state index in [0.29, 0.717) is 0 Å². The Morgan fingerprint density at radius 3 is 2.00 bits per heavy atom. The Kier molecular flexibility index (Phi) is 3.21. The lowest BCUT2D eigenvalue weighted by Gasteiger charge is -1.91. The standard InChI is InChI=1S/H3O5P3/c1-7(2)6-8(3,4)5/h6H,(H2,3,4,5). The van der Waals surface area contributed by atoms with Crippen LogP contribution in [0.25, 0.3) is 0 Å². The molecule has 8 heteroatoms. The van der Waals surface area contributed by atoms with E-state index in [1.54, 1.807) is 0 Å². The molecule has 0 rings (SSSR count). The van der Waals surface area contributed by atoms with Crippen molar-refractivity contribution < 1.29 is 23.8 Å². The van der Waals surface area contributed by atoms with E-state index in [1.807, 2.05) is 0 Å². The van der Waals surface area contributed by atoms with Crippen molar-refractivity contribution in [1.29, 1.82) is 0 Å². The molecule has 0 aliphatic heterocycles. The van der Waals surface area contributed by atoms with Gasteiger partial charge in [0.1, 0.15) is 0 Å². The predicted molar refractivity (Wildman–Crippen MR) is 28.0 cm³/mol. The van der Waals surface area contributed by atoms with Gasteiger partial charge >= 0.3 is 15.0 Å². The summed E-state index contributed by atoms with van der Waals surface area (Å²) < 4.78 is 19.3. The van der Waals surface area contributed by atoms with Crippen LogP contribution in [-0.4, -0.2) is 9.79 Å². The summed E-state index contributed by atoms with van der Waals surface area (Å²) in [5.41, 5.74) is 0. The van der Waals surface area contributed by atoms with Gasteiger partial charge in [-0.1, -0.05) is 4.57 Å². The highest BCUT2D eigenvalue weighted by molar-refractivity contribution is 8.47. The lowest BCUT2D eigenvalue weighted by molar-refractivity contribution is -0.157. The molecule has 2 unspecified atom stereocenters. The van der Waals surface area contributed by atoms with Crippen LogP contribution in [-0.2, 0) is 9.13 Å². The van der Waals surface area contributed by atoms with Gasteiger partial charge in [-0.05, 0) is 0 Å². The summed E-state index contributed by atoms with van der Waals surface area (Å²) in [7, 11) is -8.50. The Morgan fingerprint density at radius 2 is 2.00 bits per heavy atom. The van der Waals surface area contributed by atoms with Crippen LogP contribution < -0.4 is 4.89 Å². The third-order valence-electron chi connectivity index (χ3n) is 0.212. The quantitative estimate of drug-likeness (QED) is 0.566. The van der Waals surface area contributed by atoms with E-state index in [-0.39, 0.29) is 0 Å². The van der Waals surface area contributed by atoms with E-state index in [1.165, 1.54) is 0 Å². The predicted octanol–water partition coefficient (Wildman–Crippen LogP) is -0.225. The summed E-state index contributed by atoms with van der Waals surface area (Å²) in [6.45, 7) is 0. The van der Waals surface area contributed by atoms with Gasteiger partial charge in [0.05, 0.1) is 0 Å². The summed E-state index contributed by atoms with van der Waals surface area (Å²) in [5.74, 6) is 0. The molecule has 0 heterocycles. The Hall–Kier alpha value is 0.640. The first-order valence-corrected chi connectivity index (χ1v) is 6.87. The van der Waals surface area contributed by atoms with Gasteiger partial charge in [0.25, 0.3) is 7.96 Å². The smallest absolute Gasteiger partial charge is 0.391 e. The van der Waals surface area contributed by atoms with Crippen molar-refractivity contribution >= 4 is 23.0 Å². The highest BCUT2D eigenvalue weighted by Crippen LogP contribution is 2.66.